The van der Waals surface area contributed by atoms with Crippen LogP contribution in [0.1, 0.15) is 36.5 Å². The summed E-state index contributed by atoms with van der Waals surface area (Å²) in [4.78, 5) is 4.75. The Kier molecular flexibility index (Phi) is 6.69. The number of oxime groups is 1. The fraction of sp³-hybridized carbons (Fsp3) is 0.350. The van der Waals surface area contributed by atoms with Crippen LogP contribution in [0.4, 0.5) is 0 Å². The minimum atomic E-state index is 0.348. The van der Waals surface area contributed by atoms with Crippen molar-refractivity contribution in [1.82, 2.24) is 0 Å². The molecule has 0 spiro atoms. The molecule has 0 saturated heterocycles. The third-order valence-electron chi connectivity index (χ3n) is 3.62. The van der Waals surface area contributed by atoms with Gasteiger partial charge in [-0.1, -0.05) is 17.3 Å². The van der Waals surface area contributed by atoms with Crippen LogP contribution < -0.4 is 9.47 Å². The molecule has 0 fully saturated rings. The Morgan fingerprint density at radius 3 is 2.52 bits per heavy atom. The highest BCUT2D eigenvalue weighted by atomic mass is 16.6. The Morgan fingerprint density at radius 1 is 1.16 bits per heavy atom. The molecule has 0 aliphatic heterocycles. The van der Waals surface area contributed by atoms with Crippen LogP contribution in [0.3, 0.4) is 0 Å². The van der Waals surface area contributed by atoms with Gasteiger partial charge >= 0.3 is 0 Å². The second kappa shape index (κ2) is 8.97. The van der Waals surface area contributed by atoms with E-state index in [0.29, 0.717) is 24.7 Å². The van der Waals surface area contributed by atoms with Gasteiger partial charge in [0.25, 0.3) is 0 Å². The number of rotatable bonds is 8. The van der Waals surface area contributed by atoms with E-state index in [1.54, 1.807) is 0 Å². The van der Waals surface area contributed by atoms with Crippen molar-refractivity contribution in [3.8, 4) is 11.5 Å². The Labute approximate surface area is 148 Å². The maximum absolute atomic E-state index is 5.95. The molecule has 0 aliphatic carbocycles. The highest BCUT2D eigenvalue weighted by molar-refractivity contribution is 5.95. The molecule has 134 valence electrons. The largest absolute Gasteiger partial charge is 0.490 e. The molecular formula is C20H25NO4. The average Bonchev–Trinajstić information content (AvgIpc) is 3.04. The van der Waals surface area contributed by atoms with E-state index in [2.05, 4.69) is 5.16 Å². The molecule has 0 bridgehead atoms. The summed E-state index contributed by atoms with van der Waals surface area (Å²) in [5.41, 5.74) is 2.74. The van der Waals surface area contributed by atoms with Gasteiger partial charge in [-0.3, -0.25) is 0 Å². The smallest absolute Gasteiger partial charge is 0.151 e. The molecule has 0 unspecified atom stereocenters. The van der Waals surface area contributed by atoms with Gasteiger partial charge in [-0.2, -0.15) is 0 Å². The minimum Gasteiger partial charge on any atom is -0.490 e. The molecule has 0 N–H and O–H groups in total. The summed E-state index contributed by atoms with van der Waals surface area (Å²) in [6.07, 6.45) is 3.94. The number of hydrogen-bond donors (Lipinski definition) is 0. The summed E-state index contributed by atoms with van der Waals surface area (Å²) in [6, 6.07) is 7.70. The number of ether oxygens (including phenoxy) is 2. The average molecular weight is 343 g/mol. The molecule has 2 aromatic rings. The van der Waals surface area contributed by atoms with Crippen LogP contribution in [0.15, 0.2) is 46.0 Å². The van der Waals surface area contributed by atoms with Gasteiger partial charge < -0.3 is 18.7 Å². The highest BCUT2D eigenvalue weighted by Crippen LogP contribution is 2.29. The second-order valence-electron chi connectivity index (χ2n) is 5.68. The highest BCUT2D eigenvalue weighted by Gasteiger charge is 2.10. The fourth-order valence-electron chi connectivity index (χ4n) is 2.44. The van der Waals surface area contributed by atoms with Crippen molar-refractivity contribution in [2.75, 3.05) is 13.7 Å². The third-order valence-corrected chi connectivity index (χ3v) is 3.62. The van der Waals surface area contributed by atoms with Crippen LogP contribution in [0.2, 0.25) is 0 Å². The fourth-order valence-corrected chi connectivity index (χ4v) is 2.44. The molecule has 2 rings (SSSR count). The second-order valence-corrected chi connectivity index (χ2v) is 5.68. The number of hydrogen-bond acceptors (Lipinski definition) is 5. The van der Waals surface area contributed by atoms with Gasteiger partial charge in [-0.25, -0.2) is 0 Å². The topological polar surface area (TPSA) is 53.2 Å². The predicted molar refractivity (Wildman–Crippen MR) is 98.5 cm³/mol. The Hall–Kier alpha value is -2.69. The van der Waals surface area contributed by atoms with Crippen molar-refractivity contribution >= 4 is 5.71 Å². The quantitative estimate of drug-likeness (QED) is 0.392. The van der Waals surface area contributed by atoms with Crippen molar-refractivity contribution in [1.29, 1.82) is 0 Å². The lowest BCUT2D eigenvalue weighted by Crippen LogP contribution is -2.00. The van der Waals surface area contributed by atoms with Crippen molar-refractivity contribution in [2.24, 2.45) is 5.16 Å². The Morgan fingerprint density at radius 2 is 1.88 bits per heavy atom. The zero-order valence-electron chi connectivity index (χ0n) is 15.5. The van der Waals surface area contributed by atoms with Gasteiger partial charge in [0, 0.05) is 0 Å². The SMILES string of the molecule is C/C=C/COc1cc(C)c(OCc2ccc(C(C)=NOC)o2)c(C)c1. The molecule has 0 saturated carbocycles. The monoisotopic (exact) mass is 343 g/mol. The molecule has 0 aliphatic rings. The third kappa shape index (κ3) is 5.14. The van der Waals surface area contributed by atoms with E-state index in [-0.39, 0.29) is 0 Å². The molecular weight excluding hydrogens is 318 g/mol. The molecule has 25 heavy (non-hydrogen) atoms. The van der Waals surface area contributed by atoms with Crippen molar-refractivity contribution < 1.29 is 18.7 Å². The van der Waals surface area contributed by atoms with E-state index in [1.807, 2.05) is 64.1 Å². The van der Waals surface area contributed by atoms with Crippen LogP contribution in [-0.2, 0) is 11.4 Å². The maximum Gasteiger partial charge on any atom is 0.151 e. The van der Waals surface area contributed by atoms with Crippen LogP contribution >= 0.6 is 0 Å². The molecule has 1 aromatic carbocycles. The van der Waals surface area contributed by atoms with Crippen molar-refractivity contribution in [2.45, 2.75) is 34.3 Å². The first-order valence-electron chi connectivity index (χ1n) is 8.20. The molecule has 5 heteroatoms. The number of furan rings is 1. The molecule has 1 aromatic heterocycles. The Bertz CT molecular complexity index is 736. The van der Waals surface area contributed by atoms with E-state index < -0.39 is 0 Å². The lowest BCUT2D eigenvalue weighted by atomic mass is 10.1. The minimum absolute atomic E-state index is 0.348. The summed E-state index contributed by atoms with van der Waals surface area (Å²) < 4.78 is 17.4. The number of allylic oxidation sites excluding steroid dienone is 1. The Balaban J connectivity index is 2.04. The molecule has 0 radical (unpaired) electrons. The van der Waals surface area contributed by atoms with E-state index in [1.165, 1.54) is 7.11 Å². The number of nitrogens with zero attached hydrogens (tertiary/aromatic N) is 1. The summed E-state index contributed by atoms with van der Waals surface area (Å²) in [5.74, 6) is 3.08. The van der Waals surface area contributed by atoms with Gasteiger partial charge in [0.2, 0.25) is 0 Å². The molecule has 0 atom stereocenters. The van der Waals surface area contributed by atoms with Gasteiger partial charge in [0.15, 0.2) is 5.76 Å². The molecule has 0 amide bonds. The van der Waals surface area contributed by atoms with Crippen molar-refractivity contribution in [3.05, 3.63) is 59.1 Å². The van der Waals surface area contributed by atoms with Crippen LogP contribution in [0, 0.1) is 13.8 Å². The van der Waals surface area contributed by atoms with E-state index in [9.17, 15) is 0 Å². The standard InChI is InChI=1S/C20H25NO4/c1-6-7-10-23-18-11-14(2)20(15(3)12-18)24-13-17-8-9-19(25-17)16(4)21-22-5/h6-9,11-12H,10,13H2,1-5H3/b7-6+,21-16?. The zero-order valence-corrected chi connectivity index (χ0v) is 15.5. The first-order chi connectivity index (χ1) is 12.0. The first-order valence-corrected chi connectivity index (χ1v) is 8.20. The van der Waals surface area contributed by atoms with Gasteiger partial charge in [0.05, 0.1) is 0 Å². The van der Waals surface area contributed by atoms with Gasteiger partial charge in [0.1, 0.15) is 43.3 Å². The summed E-state index contributed by atoms with van der Waals surface area (Å²) in [7, 11) is 1.51. The summed E-state index contributed by atoms with van der Waals surface area (Å²) in [5, 5.41) is 3.86. The predicted octanol–water partition coefficient (Wildman–Crippen LogP) is 4.80. The van der Waals surface area contributed by atoms with E-state index in [4.69, 9.17) is 18.7 Å². The van der Waals surface area contributed by atoms with E-state index >= 15 is 0 Å². The van der Waals surface area contributed by atoms with Crippen LogP contribution in [-0.4, -0.2) is 19.4 Å². The number of benzene rings is 1. The lowest BCUT2D eigenvalue weighted by Gasteiger charge is -2.13. The summed E-state index contributed by atoms with van der Waals surface area (Å²) >= 11 is 0. The van der Waals surface area contributed by atoms with Gasteiger partial charge in [-0.15, -0.1) is 0 Å². The first kappa shape index (κ1) is 18.6. The van der Waals surface area contributed by atoms with Gasteiger partial charge in [-0.05, 0) is 63.1 Å². The van der Waals surface area contributed by atoms with E-state index in [0.717, 1.165) is 28.4 Å². The lowest BCUT2D eigenvalue weighted by molar-refractivity contribution is 0.212. The molecule has 5 nitrogen and oxygen atoms in total. The summed E-state index contributed by atoms with van der Waals surface area (Å²) in [6.45, 7) is 8.72. The zero-order chi connectivity index (χ0) is 18.2. The van der Waals surface area contributed by atoms with Crippen LogP contribution in [0.25, 0.3) is 0 Å². The normalized spacial score (nSPS) is 11.8. The number of aryl methyl sites for hydroxylation is 2. The van der Waals surface area contributed by atoms with Crippen LogP contribution in [0.5, 0.6) is 11.5 Å². The maximum atomic E-state index is 5.95. The van der Waals surface area contributed by atoms with Crippen molar-refractivity contribution in [3.63, 3.8) is 0 Å². The molecule has 1 heterocycles.